The maximum atomic E-state index is 12.5. The third kappa shape index (κ3) is 4.93. The van der Waals surface area contributed by atoms with Crippen LogP contribution in [0.25, 0.3) is 0 Å². The van der Waals surface area contributed by atoms with Crippen LogP contribution in [0.2, 0.25) is 0 Å². The summed E-state index contributed by atoms with van der Waals surface area (Å²) in [6.07, 6.45) is 0. The molecule has 0 fully saturated rings. The molecule has 1 heterocycles. The third-order valence-electron chi connectivity index (χ3n) is 3.40. The first-order valence-corrected chi connectivity index (χ1v) is 9.78. The van der Waals surface area contributed by atoms with Crippen LogP contribution in [0.4, 0.5) is 11.4 Å². The number of nitrogens with one attached hydrogen (secondary N) is 2. The molecule has 2 amide bonds. The number of thioether (sulfide) groups is 1. The molecule has 0 aliphatic carbocycles. The van der Waals surface area contributed by atoms with Gasteiger partial charge in [0.2, 0.25) is 5.91 Å². The van der Waals surface area contributed by atoms with E-state index in [0.717, 1.165) is 10.0 Å². The SMILES string of the molecule is Cc1csc(SCC(=O)Nc2ccccc2C(=O)Nc2ccccc2)n1. The number of hydrogen-bond donors (Lipinski definition) is 2. The zero-order chi connectivity index (χ0) is 18.4. The average molecular weight is 383 g/mol. The smallest absolute Gasteiger partial charge is 0.257 e. The highest BCUT2D eigenvalue weighted by Crippen LogP contribution is 2.23. The van der Waals surface area contributed by atoms with Gasteiger partial charge in [0.05, 0.1) is 17.0 Å². The number of rotatable bonds is 6. The van der Waals surface area contributed by atoms with Crippen molar-refractivity contribution >= 4 is 46.3 Å². The van der Waals surface area contributed by atoms with Crippen molar-refractivity contribution in [3.63, 3.8) is 0 Å². The highest BCUT2D eigenvalue weighted by molar-refractivity contribution is 8.01. The maximum absolute atomic E-state index is 12.5. The lowest BCUT2D eigenvalue weighted by Gasteiger charge is -2.11. The van der Waals surface area contributed by atoms with E-state index in [0.29, 0.717) is 16.9 Å². The van der Waals surface area contributed by atoms with Crippen LogP contribution in [0.15, 0.2) is 64.3 Å². The molecule has 0 saturated carbocycles. The molecule has 0 saturated heterocycles. The standard InChI is InChI=1S/C19H17N3O2S2/c1-13-11-25-19(20-13)26-12-17(23)22-16-10-6-5-9-15(16)18(24)21-14-7-3-2-4-8-14/h2-11H,12H2,1H3,(H,21,24)(H,22,23). The fourth-order valence-corrected chi connectivity index (χ4v) is 3.87. The van der Waals surface area contributed by atoms with E-state index in [1.807, 2.05) is 42.6 Å². The molecule has 3 aromatic rings. The summed E-state index contributed by atoms with van der Waals surface area (Å²) in [5, 5.41) is 7.59. The Hall–Kier alpha value is -2.64. The van der Waals surface area contributed by atoms with Gasteiger partial charge in [-0.25, -0.2) is 4.98 Å². The monoisotopic (exact) mass is 383 g/mol. The normalized spacial score (nSPS) is 10.3. The first-order chi connectivity index (χ1) is 12.6. The number of para-hydroxylation sites is 2. The van der Waals surface area contributed by atoms with Gasteiger partial charge in [-0.05, 0) is 31.2 Å². The number of carbonyl (C=O) groups is 2. The number of carbonyl (C=O) groups excluding carboxylic acids is 2. The van der Waals surface area contributed by atoms with Gasteiger partial charge in [0.25, 0.3) is 5.91 Å². The lowest BCUT2D eigenvalue weighted by molar-refractivity contribution is -0.113. The van der Waals surface area contributed by atoms with E-state index in [9.17, 15) is 9.59 Å². The average Bonchev–Trinajstić information content (AvgIpc) is 3.06. The predicted octanol–water partition coefficient (Wildman–Crippen LogP) is 4.43. The number of aryl methyl sites for hydroxylation is 1. The van der Waals surface area contributed by atoms with Crippen LogP contribution in [0.5, 0.6) is 0 Å². The summed E-state index contributed by atoms with van der Waals surface area (Å²) in [6.45, 7) is 1.92. The molecule has 26 heavy (non-hydrogen) atoms. The van der Waals surface area contributed by atoms with Crippen LogP contribution in [-0.2, 0) is 4.79 Å². The molecule has 1 aromatic heterocycles. The molecule has 2 aromatic carbocycles. The van der Waals surface area contributed by atoms with Crippen LogP contribution in [-0.4, -0.2) is 22.6 Å². The Morgan fingerprint density at radius 2 is 1.77 bits per heavy atom. The van der Waals surface area contributed by atoms with Gasteiger partial charge >= 0.3 is 0 Å². The number of nitrogens with zero attached hydrogens (tertiary/aromatic N) is 1. The van der Waals surface area contributed by atoms with Crippen LogP contribution in [0.3, 0.4) is 0 Å². The molecule has 132 valence electrons. The summed E-state index contributed by atoms with van der Waals surface area (Å²) in [5.74, 6) is -0.208. The molecule has 0 aliphatic rings. The van der Waals surface area contributed by atoms with Gasteiger partial charge in [0.1, 0.15) is 0 Å². The summed E-state index contributed by atoms with van der Waals surface area (Å²) in [6, 6.07) is 16.2. The molecular weight excluding hydrogens is 366 g/mol. The Labute approximate surface area is 159 Å². The molecule has 0 radical (unpaired) electrons. The van der Waals surface area contributed by atoms with Gasteiger partial charge in [-0.3, -0.25) is 9.59 Å². The molecule has 0 bridgehead atoms. The quantitative estimate of drug-likeness (QED) is 0.618. The van der Waals surface area contributed by atoms with Crippen LogP contribution in [0, 0.1) is 6.92 Å². The van der Waals surface area contributed by atoms with E-state index < -0.39 is 0 Å². The number of benzene rings is 2. The van der Waals surface area contributed by atoms with Crippen molar-refractivity contribution in [2.24, 2.45) is 0 Å². The molecule has 0 aliphatic heterocycles. The van der Waals surface area contributed by atoms with Crippen molar-refractivity contribution in [2.45, 2.75) is 11.3 Å². The van der Waals surface area contributed by atoms with Crippen LogP contribution < -0.4 is 10.6 Å². The van der Waals surface area contributed by atoms with Crippen LogP contribution >= 0.6 is 23.1 Å². The van der Waals surface area contributed by atoms with Gasteiger partial charge in [-0.15, -0.1) is 11.3 Å². The van der Waals surface area contributed by atoms with E-state index in [1.54, 1.807) is 24.3 Å². The molecule has 0 spiro atoms. The summed E-state index contributed by atoms with van der Waals surface area (Å²) >= 11 is 2.90. The van der Waals surface area contributed by atoms with Crippen molar-refractivity contribution in [3.8, 4) is 0 Å². The van der Waals surface area contributed by atoms with Gasteiger partial charge in [-0.2, -0.15) is 0 Å². The summed E-state index contributed by atoms with van der Waals surface area (Å²) in [4.78, 5) is 29.1. The van der Waals surface area contributed by atoms with E-state index >= 15 is 0 Å². The Balaban J connectivity index is 1.64. The van der Waals surface area contributed by atoms with Crippen molar-refractivity contribution in [3.05, 3.63) is 71.2 Å². The number of hydrogen-bond acceptors (Lipinski definition) is 5. The van der Waals surface area contributed by atoms with Crippen LogP contribution in [0.1, 0.15) is 16.1 Å². The number of thiazole rings is 1. The maximum Gasteiger partial charge on any atom is 0.257 e. The second-order valence-electron chi connectivity index (χ2n) is 5.46. The van der Waals surface area contributed by atoms with Gasteiger partial charge in [-0.1, -0.05) is 42.1 Å². The molecule has 5 nitrogen and oxygen atoms in total. The largest absolute Gasteiger partial charge is 0.325 e. The predicted molar refractivity (Wildman–Crippen MR) is 107 cm³/mol. The Kier molecular flexibility index (Phi) is 6.04. The number of anilines is 2. The lowest BCUT2D eigenvalue weighted by Crippen LogP contribution is -2.19. The molecule has 0 atom stereocenters. The second-order valence-corrected chi connectivity index (χ2v) is 7.54. The van der Waals surface area contributed by atoms with E-state index in [-0.39, 0.29) is 17.6 Å². The summed E-state index contributed by atoms with van der Waals surface area (Å²) in [5.41, 5.74) is 2.55. The zero-order valence-corrected chi connectivity index (χ0v) is 15.7. The summed E-state index contributed by atoms with van der Waals surface area (Å²) in [7, 11) is 0. The van der Waals surface area contributed by atoms with E-state index in [4.69, 9.17) is 0 Å². The Bertz CT molecular complexity index is 910. The zero-order valence-electron chi connectivity index (χ0n) is 14.1. The fraction of sp³-hybridized carbons (Fsp3) is 0.105. The summed E-state index contributed by atoms with van der Waals surface area (Å²) < 4.78 is 0.854. The minimum Gasteiger partial charge on any atom is -0.325 e. The van der Waals surface area contributed by atoms with Gasteiger partial charge < -0.3 is 10.6 Å². The third-order valence-corrected chi connectivity index (χ3v) is 5.54. The Morgan fingerprint density at radius 3 is 2.50 bits per heavy atom. The lowest BCUT2D eigenvalue weighted by atomic mass is 10.1. The van der Waals surface area contributed by atoms with Crippen molar-refractivity contribution in [2.75, 3.05) is 16.4 Å². The number of aromatic nitrogens is 1. The molecule has 3 rings (SSSR count). The first kappa shape index (κ1) is 18.2. The van der Waals surface area contributed by atoms with Gasteiger partial charge in [0, 0.05) is 16.8 Å². The molecular formula is C19H17N3O2S2. The van der Waals surface area contributed by atoms with Crippen molar-refractivity contribution in [1.29, 1.82) is 0 Å². The van der Waals surface area contributed by atoms with Crippen molar-refractivity contribution < 1.29 is 9.59 Å². The van der Waals surface area contributed by atoms with E-state index in [2.05, 4.69) is 15.6 Å². The highest BCUT2D eigenvalue weighted by atomic mass is 32.2. The second kappa shape index (κ2) is 8.64. The van der Waals surface area contributed by atoms with E-state index in [1.165, 1.54) is 23.1 Å². The fourth-order valence-electron chi connectivity index (χ4n) is 2.22. The number of amides is 2. The molecule has 2 N–H and O–H groups in total. The minimum atomic E-state index is -0.268. The first-order valence-electron chi connectivity index (χ1n) is 7.92. The topological polar surface area (TPSA) is 71.1 Å². The molecule has 7 heteroatoms. The van der Waals surface area contributed by atoms with Crippen molar-refractivity contribution in [1.82, 2.24) is 4.98 Å². The Morgan fingerprint density at radius 1 is 1.04 bits per heavy atom. The molecule has 0 unspecified atom stereocenters. The minimum absolute atomic E-state index is 0.178. The highest BCUT2D eigenvalue weighted by Gasteiger charge is 2.14. The van der Waals surface area contributed by atoms with Gasteiger partial charge in [0.15, 0.2) is 4.34 Å².